The Morgan fingerprint density at radius 3 is 0.929 bits per heavy atom. The average Bonchev–Trinajstić information content (AvgIpc) is 4.00. The minimum Gasteiger partial charge on any atom is -0.456 e. The molecule has 0 aliphatic heterocycles. The van der Waals surface area contributed by atoms with Crippen LogP contribution < -0.4 is 9.80 Å². The molecule has 0 radical (unpaired) electrons. The fraction of sp³-hybridized carbons (Fsp3) is 0. The lowest BCUT2D eigenvalue weighted by Crippen LogP contribution is -2.10. The van der Waals surface area contributed by atoms with Crippen LogP contribution in [-0.4, -0.2) is 0 Å². The van der Waals surface area contributed by atoms with E-state index in [9.17, 15) is 0 Å². The minimum atomic E-state index is 0.860. The number of nitrogens with zero attached hydrogens (tertiary/aromatic N) is 2. The molecular formula is C66H42N2O2. The third-order valence-corrected chi connectivity index (χ3v) is 14.0. The topological polar surface area (TPSA) is 32.8 Å². The molecule has 0 saturated carbocycles. The summed E-state index contributed by atoms with van der Waals surface area (Å²) < 4.78 is 13.5. The molecule has 2 aromatic heterocycles. The van der Waals surface area contributed by atoms with Crippen molar-refractivity contribution >= 4 is 110 Å². The third kappa shape index (κ3) is 6.38. The molecule has 4 heteroatoms. The molecule has 12 aromatic carbocycles. The van der Waals surface area contributed by atoms with Crippen LogP contribution in [0.25, 0.3) is 98.4 Å². The Labute approximate surface area is 404 Å². The zero-order valence-electron chi connectivity index (χ0n) is 38.0. The summed E-state index contributed by atoms with van der Waals surface area (Å²) in [6, 6.07) is 90.8. The highest BCUT2D eigenvalue weighted by Crippen LogP contribution is 2.47. The van der Waals surface area contributed by atoms with Gasteiger partial charge in [0.25, 0.3) is 0 Å². The molecule has 0 aliphatic rings. The van der Waals surface area contributed by atoms with Crippen molar-refractivity contribution < 1.29 is 8.83 Å². The van der Waals surface area contributed by atoms with Crippen molar-refractivity contribution in [2.45, 2.75) is 0 Å². The highest BCUT2D eigenvalue weighted by molar-refractivity contribution is 6.28. The summed E-state index contributed by atoms with van der Waals surface area (Å²) in [5.74, 6) is 0. The van der Waals surface area contributed by atoms with Gasteiger partial charge in [-0.1, -0.05) is 146 Å². The number of furan rings is 2. The first-order valence-corrected chi connectivity index (χ1v) is 23.8. The van der Waals surface area contributed by atoms with E-state index in [1.165, 1.54) is 21.5 Å². The first-order chi connectivity index (χ1) is 34.7. The maximum Gasteiger partial charge on any atom is 0.136 e. The quantitative estimate of drug-likeness (QED) is 0.152. The molecule has 328 valence electrons. The van der Waals surface area contributed by atoms with Crippen LogP contribution in [0.3, 0.4) is 0 Å². The van der Waals surface area contributed by atoms with Crippen LogP contribution in [0.2, 0.25) is 0 Å². The van der Waals surface area contributed by atoms with E-state index in [1.54, 1.807) is 0 Å². The van der Waals surface area contributed by atoms with E-state index in [0.717, 1.165) is 111 Å². The number of para-hydroxylation sites is 4. The summed E-state index contributed by atoms with van der Waals surface area (Å²) in [4.78, 5) is 4.68. The molecule has 0 atom stereocenters. The van der Waals surface area contributed by atoms with E-state index in [4.69, 9.17) is 8.83 Å². The van der Waals surface area contributed by atoms with Gasteiger partial charge in [0.1, 0.15) is 22.3 Å². The molecule has 0 N–H and O–H groups in total. The zero-order valence-corrected chi connectivity index (χ0v) is 38.0. The molecule has 4 nitrogen and oxygen atoms in total. The van der Waals surface area contributed by atoms with Gasteiger partial charge in [-0.15, -0.1) is 0 Å². The largest absolute Gasteiger partial charge is 0.456 e. The predicted molar refractivity (Wildman–Crippen MR) is 294 cm³/mol. The number of anilines is 6. The molecule has 14 rings (SSSR count). The SMILES string of the molecule is c1ccc(N(c2ccccc2)c2ccc(-c3ccc4c(c3)oc3ccc5c(ccc6oc7cc(-c8ccc(N(c9ccccc9)c9ccccc9)c9ccccc89)ccc7c65)c34)c3ccccc23)cc1. The van der Waals surface area contributed by atoms with E-state index < -0.39 is 0 Å². The van der Waals surface area contributed by atoms with E-state index >= 15 is 0 Å². The second-order valence-corrected chi connectivity index (χ2v) is 18.0. The van der Waals surface area contributed by atoms with E-state index in [2.05, 4.69) is 265 Å². The first-order valence-electron chi connectivity index (χ1n) is 23.8. The lowest BCUT2D eigenvalue weighted by atomic mass is 9.94. The average molecular weight is 895 g/mol. The van der Waals surface area contributed by atoms with Crippen LogP contribution in [0.4, 0.5) is 34.1 Å². The van der Waals surface area contributed by atoms with Gasteiger partial charge in [0, 0.05) is 55.1 Å². The van der Waals surface area contributed by atoms with Gasteiger partial charge in [0.05, 0.1) is 11.4 Å². The van der Waals surface area contributed by atoms with Gasteiger partial charge >= 0.3 is 0 Å². The lowest BCUT2D eigenvalue weighted by molar-refractivity contribution is 0.668. The standard InChI is InChI=1S/C66H42N2O2/c1-5-17-45(18-6-1)67(46-19-7-2-8-20-46)59-37-33-49(51-25-13-15-27-53(51)59)43-29-31-57-63(41-43)69-61-39-35-56-55(65(57)61)36-40-62-66(56)58-32-30-44(42-64(58)70-62)50-34-38-60(54-28-16-14-26-52(50)54)68(47-21-9-3-10-22-47)48-23-11-4-12-24-48/h1-42H. The van der Waals surface area contributed by atoms with Crippen molar-refractivity contribution in [1.29, 1.82) is 0 Å². The van der Waals surface area contributed by atoms with E-state index in [-0.39, 0.29) is 0 Å². The first kappa shape index (κ1) is 39.8. The van der Waals surface area contributed by atoms with Crippen LogP contribution in [0, 0.1) is 0 Å². The molecule has 2 heterocycles. The summed E-state index contributed by atoms with van der Waals surface area (Å²) in [5, 5.41) is 11.4. The van der Waals surface area contributed by atoms with Crippen LogP contribution in [-0.2, 0) is 0 Å². The Kier molecular flexibility index (Phi) is 9.17. The Bertz CT molecular complexity index is 3930. The highest BCUT2D eigenvalue weighted by atomic mass is 16.3. The molecular weight excluding hydrogens is 853 g/mol. The van der Waals surface area contributed by atoms with Crippen molar-refractivity contribution in [3.05, 3.63) is 255 Å². The zero-order chi connectivity index (χ0) is 46.1. The maximum absolute atomic E-state index is 6.73. The van der Waals surface area contributed by atoms with Crippen LogP contribution in [0.5, 0.6) is 0 Å². The summed E-state index contributed by atoms with van der Waals surface area (Å²) in [6.45, 7) is 0. The number of hydrogen-bond acceptors (Lipinski definition) is 4. The Hall–Kier alpha value is -9.38. The molecule has 70 heavy (non-hydrogen) atoms. The molecule has 0 aliphatic carbocycles. The molecule has 0 saturated heterocycles. The fourth-order valence-corrected chi connectivity index (χ4v) is 10.9. The van der Waals surface area contributed by atoms with Crippen molar-refractivity contribution in [3.63, 3.8) is 0 Å². The number of rotatable bonds is 8. The van der Waals surface area contributed by atoms with Crippen LogP contribution >= 0.6 is 0 Å². The summed E-state index contributed by atoms with van der Waals surface area (Å²) in [7, 11) is 0. The molecule has 0 unspecified atom stereocenters. The van der Waals surface area contributed by atoms with Gasteiger partial charge in [-0.25, -0.2) is 0 Å². The minimum absolute atomic E-state index is 0.860. The fourth-order valence-electron chi connectivity index (χ4n) is 10.9. The summed E-state index contributed by atoms with van der Waals surface area (Å²) >= 11 is 0. The van der Waals surface area contributed by atoms with Crippen molar-refractivity contribution in [3.8, 4) is 22.3 Å². The molecule has 0 amide bonds. The van der Waals surface area contributed by atoms with E-state index in [0.29, 0.717) is 0 Å². The van der Waals surface area contributed by atoms with E-state index in [1.807, 2.05) is 0 Å². The maximum atomic E-state index is 6.73. The molecule has 0 spiro atoms. The second-order valence-electron chi connectivity index (χ2n) is 18.0. The number of benzene rings is 12. The Balaban J connectivity index is 0.858. The van der Waals surface area contributed by atoms with Crippen molar-refractivity contribution in [2.75, 3.05) is 9.80 Å². The van der Waals surface area contributed by atoms with Crippen LogP contribution in [0.15, 0.2) is 264 Å². The smallest absolute Gasteiger partial charge is 0.136 e. The van der Waals surface area contributed by atoms with Crippen LogP contribution in [0.1, 0.15) is 0 Å². The van der Waals surface area contributed by atoms with Gasteiger partial charge in [0.15, 0.2) is 0 Å². The molecule has 0 bridgehead atoms. The Morgan fingerprint density at radius 1 is 0.229 bits per heavy atom. The number of hydrogen-bond donors (Lipinski definition) is 0. The third-order valence-electron chi connectivity index (χ3n) is 14.0. The monoisotopic (exact) mass is 894 g/mol. The molecule has 14 aromatic rings. The second kappa shape index (κ2) is 16.2. The predicted octanol–water partition coefficient (Wildman–Crippen LogP) is 19.2. The van der Waals surface area contributed by atoms with Gasteiger partial charge in [-0.3, -0.25) is 0 Å². The van der Waals surface area contributed by atoms with Crippen molar-refractivity contribution in [2.24, 2.45) is 0 Å². The van der Waals surface area contributed by atoms with Gasteiger partial charge in [-0.2, -0.15) is 0 Å². The highest BCUT2D eigenvalue weighted by Gasteiger charge is 2.21. The molecule has 0 fully saturated rings. The number of fused-ring (bicyclic) bond motifs is 11. The van der Waals surface area contributed by atoms with Gasteiger partial charge < -0.3 is 18.6 Å². The summed E-state index contributed by atoms with van der Waals surface area (Å²) in [5.41, 5.74) is 14.7. The van der Waals surface area contributed by atoms with Crippen molar-refractivity contribution in [1.82, 2.24) is 0 Å². The van der Waals surface area contributed by atoms with Gasteiger partial charge in [0.2, 0.25) is 0 Å². The van der Waals surface area contributed by atoms with Gasteiger partial charge in [-0.05, 0) is 153 Å². The normalized spacial score (nSPS) is 11.7. The Morgan fingerprint density at radius 2 is 0.557 bits per heavy atom. The lowest BCUT2D eigenvalue weighted by Gasteiger charge is -2.27. The summed E-state index contributed by atoms with van der Waals surface area (Å²) in [6.07, 6.45) is 0.